The summed E-state index contributed by atoms with van der Waals surface area (Å²) in [5.41, 5.74) is 24.4. The SMILES string of the molecule is C=C(c1cc(N(C)c2cccc(C)c2)cc(N(c2cccc(C)c2)c2cccc(C)c2)c1)c1cc(N(c2cccc(C)c2)c2cccc(C)c2)cc(N(c2cccc(C)c2)c2cccc(C)c2)c1.Cc1ccccc1. The normalized spacial score (nSPS) is 10.8. The molecule has 0 aliphatic heterocycles. The minimum atomic E-state index is 0.907. The minimum absolute atomic E-state index is 0.907. The molecular weight excluding hydrogens is 909 g/mol. The molecule has 0 radical (unpaired) electrons. The van der Waals surface area contributed by atoms with Crippen LogP contribution in [-0.2, 0) is 0 Å². The largest absolute Gasteiger partial charge is 0.345 e. The molecular formula is C71H68N4. The molecule has 10 aromatic carbocycles. The molecule has 0 amide bonds. The van der Waals surface area contributed by atoms with Crippen molar-refractivity contribution in [3.8, 4) is 0 Å². The third-order valence-electron chi connectivity index (χ3n) is 13.6. The van der Waals surface area contributed by atoms with Gasteiger partial charge >= 0.3 is 0 Å². The summed E-state index contributed by atoms with van der Waals surface area (Å²) in [6.07, 6.45) is 0. The summed E-state index contributed by atoms with van der Waals surface area (Å²) >= 11 is 0. The van der Waals surface area contributed by atoms with Gasteiger partial charge in [0.25, 0.3) is 0 Å². The zero-order valence-corrected chi connectivity index (χ0v) is 45.0. The van der Waals surface area contributed by atoms with Crippen LogP contribution in [0.4, 0.5) is 62.6 Å². The van der Waals surface area contributed by atoms with E-state index in [-0.39, 0.29) is 0 Å². The summed E-state index contributed by atoms with van der Waals surface area (Å²) in [6, 6.07) is 85.5. The molecule has 0 aliphatic carbocycles. The van der Waals surface area contributed by atoms with E-state index in [2.05, 4.69) is 300 Å². The maximum absolute atomic E-state index is 5.03. The second-order valence-electron chi connectivity index (χ2n) is 20.0. The van der Waals surface area contributed by atoms with Crippen LogP contribution in [0.15, 0.2) is 243 Å². The van der Waals surface area contributed by atoms with Gasteiger partial charge in [0.2, 0.25) is 0 Å². The summed E-state index contributed by atoms with van der Waals surface area (Å²) in [5.74, 6) is 0. The lowest BCUT2D eigenvalue weighted by Crippen LogP contribution is -2.15. The highest BCUT2D eigenvalue weighted by atomic mass is 15.2. The van der Waals surface area contributed by atoms with Crippen molar-refractivity contribution in [1.82, 2.24) is 0 Å². The lowest BCUT2D eigenvalue weighted by Gasteiger charge is -2.31. The van der Waals surface area contributed by atoms with Gasteiger partial charge < -0.3 is 19.6 Å². The van der Waals surface area contributed by atoms with Gasteiger partial charge in [0.1, 0.15) is 0 Å². The van der Waals surface area contributed by atoms with E-state index < -0.39 is 0 Å². The number of aryl methyl sites for hydroxylation is 8. The lowest BCUT2D eigenvalue weighted by atomic mass is 9.95. The van der Waals surface area contributed by atoms with E-state index in [4.69, 9.17) is 6.58 Å². The van der Waals surface area contributed by atoms with Crippen LogP contribution >= 0.6 is 0 Å². The lowest BCUT2D eigenvalue weighted by molar-refractivity contribution is 1.19. The van der Waals surface area contributed by atoms with Gasteiger partial charge in [0, 0.05) is 69.6 Å². The van der Waals surface area contributed by atoms with Crippen molar-refractivity contribution in [2.75, 3.05) is 26.6 Å². The van der Waals surface area contributed by atoms with E-state index in [1.165, 1.54) is 44.5 Å². The Bertz CT molecular complexity index is 3360. The molecule has 10 rings (SSSR count). The predicted octanol–water partition coefficient (Wildman–Crippen LogP) is 20.1. The molecule has 372 valence electrons. The monoisotopic (exact) mass is 977 g/mol. The number of hydrogen-bond acceptors (Lipinski definition) is 4. The van der Waals surface area contributed by atoms with Crippen LogP contribution in [0.2, 0.25) is 0 Å². The first kappa shape index (κ1) is 51.1. The van der Waals surface area contributed by atoms with Crippen molar-refractivity contribution in [3.63, 3.8) is 0 Å². The maximum Gasteiger partial charge on any atom is 0.0488 e. The topological polar surface area (TPSA) is 13.0 Å². The molecule has 0 N–H and O–H groups in total. The highest BCUT2D eigenvalue weighted by Crippen LogP contribution is 2.45. The average molecular weight is 977 g/mol. The molecule has 0 aliphatic rings. The van der Waals surface area contributed by atoms with E-state index in [0.717, 1.165) is 79.3 Å². The molecule has 0 saturated heterocycles. The first-order chi connectivity index (χ1) is 36.3. The van der Waals surface area contributed by atoms with Crippen molar-refractivity contribution in [3.05, 3.63) is 299 Å². The van der Waals surface area contributed by atoms with E-state index in [0.29, 0.717) is 0 Å². The molecule has 75 heavy (non-hydrogen) atoms. The summed E-state index contributed by atoms with van der Waals surface area (Å²) < 4.78 is 0. The number of rotatable bonds is 13. The Kier molecular flexibility index (Phi) is 15.6. The number of anilines is 11. The average Bonchev–Trinajstić information content (AvgIpc) is 3.39. The number of nitrogens with zero attached hydrogens (tertiary/aromatic N) is 4. The summed E-state index contributed by atoms with van der Waals surface area (Å²) in [6.45, 7) is 22.2. The molecule has 0 aromatic heterocycles. The van der Waals surface area contributed by atoms with E-state index in [1.54, 1.807) is 0 Å². The zero-order chi connectivity index (χ0) is 52.6. The quantitative estimate of drug-likeness (QED) is 0.114. The van der Waals surface area contributed by atoms with Gasteiger partial charge in [-0.2, -0.15) is 0 Å². The van der Waals surface area contributed by atoms with Crippen LogP contribution in [0.1, 0.15) is 55.6 Å². The smallest absolute Gasteiger partial charge is 0.0488 e. The molecule has 0 spiro atoms. The first-order valence-corrected chi connectivity index (χ1v) is 25.9. The number of benzene rings is 10. The predicted molar refractivity (Wildman–Crippen MR) is 324 cm³/mol. The van der Waals surface area contributed by atoms with Gasteiger partial charge in [-0.15, -0.1) is 0 Å². The second-order valence-corrected chi connectivity index (χ2v) is 20.0. The molecule has 0 saturated carbocycles. The highest BCUT2D eigenvalue weighted by Gasteiger charge is 2.23. The minimum Gasteiger partial charge on any atom is -0.345 e. The molecule has 0 atom stereocenters. The van der Waals surface area contributed by atoms with Gasteiger partial charge in [-0.25, -0.2) is 0 Å². The van der Waals surface area contributed by atoms with Crippen LogP contribution in [0.5, 0.6) is 0 Å². The van der Waals surface area contributed by atoms with Gasteiger partial charge in [0.15, 0.2) is 0 Å². The fraction of sp³-hybridized carbons (Fsp3) is 0.127. The van der Waals surface area contributed by atoms with Crippen molar-refractivity contribution in [2.24, 2.45) is 0 Å². The Hall–Kier alpha value is -8.86. The van der Waals surface area contributed by atoms with Gasteiger partial charge in [-0.05, 0) is 232 Å². The first-order valence-electron chi connectivity index (χ1n) is 25.9. The molecule has 0 unspecified atom stereocenters. The fourth-order valence-corrected chi connectivity index (χ4v) is 9.75. The molecule has 0 heterocycles. The zero-order valence-electron chi connectivity index (χ0n) is 45.0. The highest BCUT2D eigenvalue weighted by molar-refractivity contribution is 5.92. The Morgan fingerprint density at radius 1 is 0.240 bits per heavy atom. The van der Waals surface area contributed by atoms with Crippen molar-refractivity contribution in [2.45, 2.75) is 55.4 Å². The van der Waals surface area contributed by atoms with Crippen LogP contribution in [0.25, 0.3) is 5.57 Å². The maximum atomic E-state index is 5.03. The Morgan fingerprint density at radius 3 is 0.747 bits per heavy atom. The van der Waals surface area contributed by atoms with Crippen molar-refractivity contribution >= 4 is 68.1 Å². The summed E-state index contributed by atoms with van der Waals surface area (Å²) in [4.78, 5) is 9.43. The molecule has 0 bridgehead atoms. The molecule has 4 nitrogen and oxygen atoms in total. The van der Waals surface area contributed by atoms with Gasteiger partial charge in [-0.1, -0.05) is 127 Å². The molecule has 0 fully saturated rings. The second kappa shape index (κ2) is 22.9. The molecule has 4 heteroatoms. The van der Waals surface area contributed by atoms with E-state index in [9.17, 15) is 0 Å². The Morgan fingerprint density at radius 2 is 0.480 bits per heavy atom. The van der Waals surface area contributed by atoms with Gasteiger partial charge in [0.05, 0.1) is 0 Å². The summed E-state index contributed by atoms with van der Waals surface area (Å²) in [5, 5.41) is 0. The summed E-state index contributed by atoms with van der Waals surface area (Å²) in [7, 11) is 2.16. The standard InChI is InChI=1S/C64H60N4.C7H8/c1-44-17-10-24-54(31-44)65(9)61-38-52(39-62(42-61)66(55-25-11-18-45(2)32-55)56-26-12-19-46(3)33-56)51(8)53-40-63(67(57-27-13-20-47(4)34-57)58-28-14-21-48(5)35-58)43-64(41-53)68(59-29-15-22-49(6)36-59)60-30-16-23-50(7)37-60;1-7-5-3-2-4-6-7/h10-43H,8H2,1-7,9H3;2-6H,1H3. The van der Waals surface area contributed by atoms with E-state index in [1.807, 2.05) is 18.2 Å². The Labute approximate surface area is 446 Å². The van der Waals surface area contributed by atoms with Crippen LogP contribution < -0.4 is 19.6 Å². The van der Waals surface area contributed by atoms with Crippen molar-refractivity contribution in [1.29, 1.82) is 0 Å². The van der Waals surface area contributed by atoms with Crippen LogP contribution in [-0.4, -0.2) is 7.05 Å². The van der Waals surface area contributed by atoms with Crippen LogP contribution in [0.3, 0.4) is 0 Å². The third kappa shape index (κ3) is 12.3. The number of hydrogen-bond donors (Lipinski definition) is 0. The van der Waals surface area contributed by atoms with Crippen LogP contribution in [0, 0.1) is 55.4 Å². The fourth-order valence-electron chi connectivity index (χ4n) is 9.75. The molecule has 10 aromatic rings. The van der Waals surface area contributed by atoms with Gasteiger partial charge in [-0.3, -0.25) is 0 Å². The van der Waals surface area contributed by atoms with Crippen molar-refractivity contribution < 1.29 is 0 Å². The van der Waals surface area contributed by atoms with E-state index >= 15 is 0 Å². The Balaban J connectivity index is 0.000000910. The third-order valence-corrected chi connectivity index (χ3v) is 13.6.